The van der Waals surface area contributed by atoms with Gasteiger partial charge in [0.15, 0.2) is 0 Å². The van der Waals surface area contributed by atoms with Crippen LogP contribution in [0.25, 0.3) is 0 Å². The first-order chi connectivity index (χ1) is 4.96. The highest BCUT2D eigenvalue weighted by atomic mass is 14.5. The van der Waals surface area contributed by atoms with Crippen molar-refractivity contribution in [3.63, 3.8) is 0 Å². The fraction of sp³-hybridized carbons (Fsp3) is 1.00. The Kier molecular flexibility index (Phi) is 2.32. The molecule has 1 aliphatic rings. The monoisotopic (exact) mass is 154 g/mol. The molecule has 3 atom stereocenters. The molecule has 0 heterocycles. The van der Waals surface area contributed by atoms with Crippen molar-refractivity contribution in [3.05, 3.63) is 0 Å². The second kappa shape index (κ2) is 2.80. The Hall–Kier alpha value is 0. The third kappa shape index (κ3) is 1.98. The number of rotatable bonds is 2. The van der Waals surface area contributed by atoms with E-state index < -0.39 is 0 Å². The van der Waals surface area contributed by atoms with Crippen molar-refractivity contribution in [2.45, 2.75) is 47.5 Å². The van der Waals surface area contributed by atoms with E-state index in [1.54, 1.807) is 0 Å². The van der Waals surface area contributed by atoms with Crippen LogP contribution in [0, 0.1) is 23.2 Å². The maximum Gasteiger partial charge on any atom is -0.0331 e. The highest BCUT2D eigenvalue weighted by Crippen LogP contribution is 2.54. The Bertz CT molecular complexity index is 129. The first kappa shape index (κ1) is 9.09. The van der Waals surface area contributed by atoms with Crippen molar-refractivity contribution in [1.29, 1.82) is 0 Å². The zero-order valence-electron chi connectivity index (χ0n) is 8.65. The van der Waals surface area contributed by atoms with Gasteiger partial charge in [-0.3, -0.25) is 0 Å². The minimum Gasteiger partial charge on any atom is -0.0651 e. The summed E-state index contributed by atoms with van der Waals surface area (Å²) in [4.78, 5) is 0. The fourth-order valence-corrected chi connectivity index (χ4v) is 2.14. The molecule has 0 aliphatic heterocycles. The van der Waals surface area contributed by atoms with Crippen LogP contribution in [0.2, 0.25) is 0 Å². The smallest absolute Gasteiger partial charge is 0.0331 e. The standard InChI is InChI=1S/C11H22/c1-6-8(2)9-7-10(9)11(3,4)5/h8-10H,6-7H2,1-5H3. The van der Waals surface area contributed by atoms with Gasteiger partial charge in [-0.1, -0.05) is 41.0 Å². The lowest BCUT2D eigenvalue weighted by Crippen LogP contribution is -2.11. The van der Waals surface area contributed by atoms with Gasteiger partial charge >= 0.3 is 0 Å². The third-order valence-electron chi connectivity index (χ3n) is 3.33. The predicted octanol–water partition coefficient (Wildman–Crippen LogP) is 3.71. The first-order valence-corrected chi connectivity index (χ1v) is 4.96. The van der Waals surface area contributed by atoms with Gasteiger partial charge < -0.3 is 0 Å². The molecular weight excluding hydrogens is 132 g/mol. The lowest BCUT2D eigenvalue weighted by Gasteiger charge is -2.19. The molecule has 0 N–H and O–H groups in total. The summed E-state index contributed by atoms with van der Waals surface area (Å²) < 4.78 is 0. The van der Waals surface area contributed by atoms with Crippen molar-refractivity contribution in [2.75, 3.05) is 0 Å². The zero-order chi connectivity index (χ0) is 8.65. The summed E-state index contributed by atoms with van der Waals surface area (Å²) in [6, 6.07) is 0. The number of hydrogen-bond acceptors (Lipinski definition) is 0. The summed E-state index contributed by atoms with van der Waals surface area (Å²) in [5, 5.41) is 0. The molecule has 11 heavy (non-hydrogen) atoms. The lowest BCUT2D eigenvalue weighted by atomic mass is 9.86. The molecule has 0 aromatic heterocycles. The van der Waals surface area contributed by atoms with Crippen LogP contribution in [-0.4, -0.2) is 0 Å². The SMILES string of the molecule is CCC(C)C1CC1C(C)(C)C. The molecule has 1 aliphatic carbocycles. The molecule has 0 aromatic carbocycles. The van der Waals surface area contributed by atoms with Crippen molar-refractivity contribution in [1.82, 2.24) is 0 Å². The van der Waals surface area contributed by atoms with Crippen LogP contribution in [0.1, 0.15) is 47.5 Å². The van der Waals surface area contributed by atoms with Gasteiger partial charge in [0.2, 0.25) is 0 Å². The molecule has 0 aromatic rings. The van der Waals surface area contributed by atoms with Crippen LogP contribution in [0.15, 0.2) is 0 Å². The summed E-state index contributed by atoms with van der Waals surface area (Å²) in [5.41, 5.74) is 0.564. The third-order valence-corrected chi connectivity index (χ3v) is 3.33. The lowest BCUT2D eigenvalue weighted by molar-refractivity contribution is 0.301. The van der Waals surface area contributed by atoms with Crippen molar-refractivity contribution < 1.29 is 0 Å². The summed E-state index contributed by atoms with van der Waals surface area (Å²) in [6.07, 6.45) is 2.84. The van der Waals surface area contributed by atoms with Crippen molar-refractivity contribution in [2.24, 2.45) is 23.2 Å². The minimum absolute atomic E-state index is 0.564. The molecule has 0 radical (unpaired) electrons. The highest BCUT2D eigenvalue weighted by Gasteiger charge is 2.46. The molecular formula is C11H22. The predicted molar refractivity (Wildman–Crippen MR) is 50.5 cm³/mol. The van der Waals surface area contributed by atoms with E-state index in [0.717, 1.165) is 17.8 Å². The number of hydrogen-bond donors (Lipinski definition) is 0. The topological polar surface area (TPSA) is 0 Å². The quantitative estimate of drug-likeness (QED) is 0.568. The van der Waals surface area contributed by atoms with Crippen LogP contribution in [0.4, 0.5) is 0 Å². The Morgan fingerprint density at radius 3 is 2.18 bits per heavy atom. The van der Waals surface area contributed by atoms with Crippen LogP contribution in [0.5, 0.6) is 0 Å². The van der Waals surface area contributed by atoms with E-state index in [9.17, 15) is 0 Å². The maximum atomic E-state index is 2.40. The molecule has 0 spiro atoms. The maximum absolute atomic E-state index is 2.40. The molecule has 0 bridgehead atoms. The summed E-state index contributed by atoms with van der Waals surface area (Å²) in [6.45, 7) is 11.8. The van der Waals surface area contributed by atoms with Crippen LogP contribution in [-0.2, 0) is 0 Å². The molecule has 1 saturated carbocycles. The van der Waals surface area contributed by atoms with Gasteiger partial charge in [0, 0.05) is 0 Å². The Labute approximate surface area is 71.4 Å². The van der Waals surface area contributed by atoms with E-state index >= 15 is 0 Å². The van der Waals surface area contributed by atoms with Crippen molar-refractivity contribution >= 4 is 0 Å². The van der Waals surface area contributed by atoms with E-state index in [2.05, 4.69) is 34.6 Å². The zero-order valence-corrected chi connectivity index (χ0v) is 8.65. The van der Waals surface area contributed by atoms with E-state index in [-0.39, 0.29) is 0 Å². The molecule has 0 nitrogen and oxygen atoms in total. The average molecular weight is 154 g/mol. The normalized spacial score (nSPS) is 33.5. The summed E-state index contributed by atoms with van der Waals surface area (Å²) >= 11 is 0. The van der Waals surface area contributed by atoms with E-state index in [4.69, 9.17) is 0 Å². The van der Waals surface area contributed by atoms with Gasteiger partial charge in [0.25, 0.3) is 0 Å². The van der Waals surface area contributed by atoms with Crippen LogP contribution >= 0.6 is 0 Å². The average Bonchev–Trinajstić information content (AvgIpc) is 2.62. The van der Waals surface area contributed by atoms with Gasteiger partial charge in [0.05, 0.1) is 0 Å². The van der Waals surface area contributed by atoms with E-state index in [1.807, 2.05) is 0 Å². The molecule has 3 unspecified atom stereocenters. The summed E-state index contributed by atoms with van der Waals surface area (Å²) in [5.74, 6) is 3.01. The Morgan fingerprint density at radius 2 is 1.91 bits per heavy atom. The van der Waals surface area contributed by atoms with Gasteiger partial charge in [-0.2, -0.15) is 0 Å². The van der Waals surface area contributed by atoms with Gasteiger partial charge in [-0.25, -0.2) is 0 Å². The summed E-state index contributed by atoms with van der Waals surface area (Å²) in [7, 11) is 0. The highest BCUT2D eigenvalue weighted by molar-refractivity contribution is 4.95. The molecule has 66 valence electrons. The fourth-order valence-electron chi connectivity index (χ4n) is 2.14. The van der Waals surface area contributed by atoms with Gasteiger partial charge in [0.1, 0.15) is 0 Å². The second-order valence-electron chi connectivity index (χ2n) is 5.26. The van der Waals surface area contributed by atoms with Crippen LogP contribution in [0.3, 0.4) is 0 Å². The van der Waals surface area contributed by atoms with Gasteiger partial charge in [-0.15, -0.1) is 0 Å². The molecule has 0 amide bonds. The van der Waals surface area contributed by atoms with Crippen LogP contribution < -0.4 is 0 Å². The molecule has 0 saturated heterocycles. The van der Waals surface area contributed by atoms with Gasteiger partial charge in [-0.05, 0) is 29.6 Å². The Morgan fingerprint density at radius 1 is 1.36 bits per heavy atom. The largest absolute Gasteiger partial charge is 0.0651 e. The Balaban J connectivity index is 2.37. The van der Waals surface area contributed by atoms with Crippen molar-refractivity contribution in [3.8, 4) is 0 Å². The first-order valence-electron chi connectivity index (χ1n) is 4.96. The molecule has 1 rings (SSSR count). The second-order valence-corrected chi connectivity index (χ2v) is 5.26. The van der Waals surface area contributed by atoms with E-state index in [1.165, 1.54) is 12.8 Å². The molecule has 0 heteroatoms. The van der Waals surface area contributed by atoms with E-state index in [0.29, 0.717) is 5.41 Å². The minimum atomic E-state index is 0.564. The molecule has 1 fully saturated rings.